The average molecular weight is 281 g/mol. The number of nitrogens with one attached hydrogen (secondary N) is 1. The monoisotopic (exact) mass is 281 g/mol. The van der Waals surface area contributed by atoms with Gasteiger partial charge in [0.25, 0.3) is 0 Å². The molecule has 7 heteroatoms. The number of nitrogens with zero attached hydrogens (tertiary/aromatic N) is 4. The summed E-state index contributed by atoms with van der Waals surface area (Å²) in [6.45, 7) is 4.20. The summed E-state index contributed by atoms with van der Waals surface area (Å²) in [6.07, 6.45) is 2.51. The number of hydrogen-bond donors (Lipinski definition) is 1. The second kappa shape index (κ2) is 6.69. The van der Waals surface area contributed by atoms with Crippen LogP contribution in [0.4, 0.5) is 6.01 Å². The van der Waals surface area contributed by atoms with Crippen molar-refractivity contribution in [1.82, 2.24) is 20.0 Å². The van der Waals surface area contributed by atoms with E-state index in [0.717, 1.165) is 32.5 Å². The molecule has 1 fully saturated rings. The smallest absolute Gasteiger partial charge is 0.315 e. The number of hydrogen-bond acceptors (Lipinski definition) is 6. The van der Waals surface area contributed by atoms with Crippen LogP contribution in [0.25, 0.3) is 0 Å². The van der Waals surface area contributed by atoms with Gasteiger partial charge in [-0.2, -0.15) is 0 Å². The standard InChI is InChI=1S/C13H23N5O2/c1-10-15-16-13(20-10)14-7-6-11-4-5-12(19)18(11)9-8-17(2)3/h11H,4-9H2,1-3H3,(H,14,16). The average Bonchev–Trinajstić information content (AvgIpc) is 2.94. The van der Waals surface area contributed by atoms with Crippen LogP contribution in [0.3, 0.4) is 0 Å². The molecular weight excluding hydrogens is 258 g/mol. The number of amides is 1. The summed E-state index contributed by atoms with van der Waals surface area (Å²) in [4.78, 5) is 16.0. The van der Waals surface area contributed by atoms with E-state index in [1.54, 1.807) is 6.92 Å². The van der Waals surface area contributed by atoms with Crippen molar-refractivity contribution in [3.05, 3.63) is 5.89 Å². The second-order valence-electron chi connectivity index (χ2n) is 5.42. The maximum atomic E-state index is 11.9. The fourth-order valence-electron chi connectivity index (χ4n) is 2.42. The maximum Gasteiger partial charge on any atom is 0.315 e. The molecule has 1 aromatic rings. The molecular formula is C13H23N5O2. The topological polar surface area (TPSA) is 74.5 Å². The lowest BCUT2D eigenvalue weighted by atomic mass is 10.1. The van der Waals surface area contributed by atoms with Crippen molar-refractivity contribution < 1.29 is 9.21 Å². The Bertz CT molecular complexity index is 446. The number of likely N-dealkylation sites (tertiary alicyclic amines) is 1. The van der Waals surface area contributed by atoms with E-state index in [1.165, 1.54) is 0 Å². The first kappa shape index (κ1) is 14.8. The Balaban J connectivity index is 1.77. The predicted octanol–water partition coefficient (Wildman–Crippen LogP) is 0.733. The van der Waals surface area contributed by atoms with E-state index in [9.17, 15) is 4.79 Å². The Morgan fingerprint density at radius 1 is 1.45 bits per heavy atom. The van der Waals surface area contributed by atoms with Gasteiger partial charge in [0.15, 0.2) is 0 Å². The third kappa shape index (κ3) is 3.93. The van der Waals surface area contributed by atoms with Crippen LogP contribution in [0.2, 0.25) is 0 Å². The lowest BCUT2D eigenvalue weighted by Gasteiger charge is -2.26. The highest BCUT2D eigenvalue weighted by Crippen LogP contribution is 2.21. The number of rotatable bonds is 7. The molecule has 1 unspecified atom stereocenters. The van der Waals surface area contributed by atoms with Gasteiger partial charge in [-0.25, -0.2) is 0 Å². The molecule has 112 valence electrons. The first-order valence-corrected chi connectivity index (χ1v) is 7.04. The van der Waals surface area contributed by atoms with Gasteiger partial charge >= 0.3 is 6.01 Å². The molecule has 20 heavy (non-hydrogen) atoms. The zero-order chi connectivity index (χ0) is 14.5. The molecule has 2 heterocycles. The van der Waals surface area contributed by atoms with Crippen LogP contribution in [0, 0.1) is 6.92 Å². The molecule has 2 rings (SSSR count). The third-order valence-corrected chi connectivity index (χ3v) is 3.52. The Morgan fingerprint density at radius 3 is 2.90 bits per heavy atom. The molecule has 0 aliphatic carbocycles. The van der Waals surface area contributed by atoms with E-state index in [4.69, 9.17) is 4.42 Å². The van der Waals surface area contributed by atoms with Crippen LogP contribution in [0.5, 0.6) is 0 Å². The van der Waals surface area contributed by atoms with E-state index in [-0.39, 0.29) is 5.91 Å². The van der Waals surface area contributed by atoms with Gasteiger partial charge in [0.2, 0.25) is 11.8 Å². The fourth-order valence-corrected chi connectivity index (χ4v) is 2.42. The molecule has 1 aromatic heterocycles. The Labute approximate surface area is 119 Å². The van der Waals surface area contributed by atoms with Crippen molar-refractivity contribution in [2.45, 2.75) is 32.2 Å². The molecule has 1 amide bonds. The molecule has 1 atom stereocenters. The largest absolute Gasteiger partial charge is 0.408 e. The fraction of sp³-hybridized carbons (Fsp3) is 0.769. The highest BCUT2D eigenvalue weighted by molar-refractivity contribution is 5.78. The summed E-state index contributed by atoms with van der Waals surface area (Å²) in [5.41, 5.74) is 0. The summed E-state index contributed by atoms with van der Waals surface area (Å²) in [5.74, 6) is 0.821. The molecule has 1 N–H and O–H groups in total. The summed E-state index contributed by atoms with van der Waals surface area (Å²) in [5, 5.41) is 10.8. The molecule has 0 saturated carbocycles. The second-order valence-corrected chi connectivity index (χ2v) is 5.42. The van der Waals surface area contributed by atoms with Crippen molar-refractivity contribution in [1.29, 1.82) is 0 Å². The van der Waals surface area contributed by atoms with Crippen molar-refractivity contribution in [3.63, 3.8) is 0 Å². The van der Waals surface area contributed by atoms with Crippen molar-refractivity contribution in [3.8, 4) is 0 Å². The lowest BCUT2D eigenvalue weighted by molar-refractivity contribution is -0.129. The van der Waals surface area contributed by atoms with Crippen molar-refractivity contribution in [2.75, 3.05) is 39.0 Å². The first-order chi connectivity index (χ1) is 9.56. The number of aryl methyl sites for hydroxylation is 1. The summed E-state index contributed by atoms with van der Waals surface area (Å²) in [7, 11) is 4.05. The summed E-state index contributed by atoms with van der Waals surface area (Å²) < 4.78 is 5.25. The molecule has 1 aliphatic rings. The highest BCUT2D eigenvalue weighted by atomic mass is 16.4. The molecule has 7 nitrogen and oxygen atoms in total. The van der Waals surface area contributed by atoms with Crippen LogP contribution in [0.15, 0.2) is 4.42 Å². The zero-order valence-electron chi connectivity index (χ0n) is 12.4. The molecule has 0 bridgehead atoms. The molecule has 0 spiro atoms. The van der Waals surface area contributed by atoms with E-state index in [0.29, 0.717) is 24.4 Å². The van der Waals surface area contributed by atoms with Gasteiger partial charge in [0.1, 0.15) is 0 Å². The molecule has 1 aliphatic heterocycles. The van der Waals surface area contributed by atoms with Crippen LogP contribution >= 0.6 is 0 Å². The predicted molar refractivity (Wildman–Crippen MR) is 75.4 cm³/mol. The van der Waals surface area contributed by atoms with Gasteiger partial charge in [0.05, 0.1) is 0 Å². The summed E-state index contributed by atoms with van der Waals surface area (Å²) in [6, 6.07) is 0.769. The number of aromatic nitrogens is 2. The molecule has 0 aromatic carbocycles. The van der Waals surface area contributed by atoms with Crippen molar-refractivity contribution >= 4 is 11.9 Å². The van der Waals surface area contributed by atoms with Gasteiger partial charge in [-0.1, -0.05) is 5.10 Å². The minimum Gasteiger partial charge on any atom is -0.408 e. The van der Waals surface area contributed by atoms with E-state index in [2.05, 4.69) is 20.4 Å². The summed E-state index contributed by atoms with van der Waals surface area (Å²) >= 11 is 0. The molecule has 0 radical (unpaired) electrons. The van der Waals surface area contributed by atoms with Crippen molar-refractivity contribution in [2.24, 2.45) is 0 Å². The number of carbonyl (C=O) groups is 1. The maximum absolute atomic E-state index is 11.9. The minimum atomic E-state index is 0.269. The number of likely N-dealkylation sites (N-methyl/N-ethyl adjacent to an activating group) is 1. The van der Waals surface area contributed by atoms with E-state index < -0.39 is 0 Å². The first-order valence-electron chi connectivity index (χ1n) is 7.04. The normalized spacial score (nSPS) is 19.1. The Hall–Kier alpha value is -1.63. The lowest BCUT2D eigenvalue weighted by Crippen LogP contribution is -2.39. The van der Waals surface area contributed by atoms with Gasteiger partial charge < -0.3 is 19.5 Å². The molecule has 1 saturated heterocycles. The zero-order valence-corrected chi connectivity index (χ0v) is 12.4. The SMILES string of the molecule is Cc1nnc(NCCC2CCC(=O)N2CCN(C)C)o1. The minimum absolute atomic E-state index is 0.269. The van der Waals surface area contributed by atoms with Crippen LogP contribution in [-0.2, 0) is 4.79 Å². The van der Waals surface area contributed by atoms with Gasteiger partial charge in [-0.05, 0) is 26.9 Å². The Kier molecular flexibility index (Phi) is 4.94. The Morgan fingerprint density at radius 2 is 2.25 bits per heavy atom. The van der Waals surface area contributed by atoms with Crippen LogP contribution in [0.1, 0.15) is 25.2 Å². The number of anilines is 1. The third-order valence-electron chi connectivity index (χ3n) is 3.52. The van der Waals surface area contributed by atoms with Crippen LogP contribution in [-0.4, -0.2) is 65.7 Å². The van der Waals surface area contributed by atoms with Gasteiger partial charge in [0, 0.05) is 39.0 Å². The number of carbonyl (C=O) groups excluding carboxylic acids is 1. The van der Waals surface area contributed by atoms with Crippen LogP contribution < -0.4 is 5.32 Å². The van der Waals surface area contributed by atoms with Gasteiger partial charge in [-0.15, -0.1) is 5.10 Å². The highest BCUT2D eigenvalue weighted by Gasteiger charge is 2.30. The van der Waals surface area contributed by atoms with Gasteiger partial charge in [-0.3, -0.25) is 4.79 Å². The quantitative estimate of drug-likeness (QED) is 0.794. The van der Waals surface area contributed by atoms with E-state index >= 15 is 0 Å². The van der Waals surface area contributed by atoms with E-state index in [1.807, 2.05) is 19.0 Å².